The molecule has 0 amide bonds. The number of nitrogens with one attached hydrogen (secondary N) is 1. The lowest BCUT2D eigenvalue weighted by molar-refractivity contribution is 0.103. The van der Waals surface area contributed by atoms with Crippen LogP contribution in [0.2, 0.25) is 0 Å². The van der Waals surface area contributed by atoms with Gasteiger partial charge in [-0.15, -0.1) is 0 Å². The summed E-state index contributed by atoms with van der Waals surface area (Å²) in [5, 5.41) is 21.5. The van der Waals surface area contributed by atoms with E-state index in [2.05, 4.69) is 5.32 Å². The van der Waals surface area contributed by atoms with Crippen molar-refractivity contribution in [1.29, 1.82) is 0 Å². The van der Waals surface area contributed by atoms with Gasteiger partial charge in [-0.2, -0.15) is 0 Å². The zero-order chi connectivity index (χ0) is 14.5. The largest absolute Gasteiger partial charge is 0.508 e. The molecule has 4 heteroatoms. The first-order valence-electron chi connectivity index (χ1n) is 6.42. The molecule has 3 N–H and O–H groups in total. The lowest BCUT2D eigenvalue weighted by Crippen LogP contribution is -2.15. The van der Waals surface area contributed by atoms with E-state index in [4.69, 9.17) is 0 Å². The van der Waals surface area contributed by atoms with Gasteiger partial charge in [-0.3, -0.25) is 4.79 Å². The normalized spacial score (nSPS) is 11.9. The van der Waals surface area contributed by atoms with Gasteiger partial charge >= 0.3 is 0 Å². The third-order valence-electron chi connectivity index (χ3n) is 2.88. The summed E-state index contributed by atoms with van der Waals surface area (Å²) in [6.07, 6.45) is -0.423. The summed E-state index contributed by atoms with van der Waals surface area (Å²) in [6, 6.07) is 13.2. The molecule has 0 spiro atoms. The van der Waals surface area contributed by atoms with Gasteiger partial charge in [-0.25, -0.2) is 0 Å². The number of hydrogen-bond acceptors (Lipinski definition) is 4. The Morgan fingerprint density at radius 2 is 1.55 bits per heavy atom. The second-order valence-electron chi connectivity index (χ2n) is 4.68. The lowest BCUT2D eigenvalue weighted by Gasteiger charge is -2.09. The maximum absolute atomic E-state index is 12.2. The number of aliphatic hydroxyl groups excluding tert-OH is 1. The Kier molecular flexibility index (Phi) is 4.38. The van der Waals surface area contributed by atoms with Gasteiger partial charge in [-0.05, 0) is 55.5 Å². The third-order valence-corrected chi connectivity index (χ3v) is 2.88. The fourth-order valence-corrected chi connectivity index (χ4v) is 1.78. The number of hydrogen-bond donors (Lipinski definition) is 3. The smallest absolute Gasteiger partial charge is 0.193 e. The highest BCUT2D eigenvalue weighted by Gasteiger charge is 2.08. The van der Waals surface area contributed by atoms with Crippen molar-refractivity contribution in [2.24, 2.45) is 0 Å². The molecule has 0 radical (unpaired) electrons. The highest BCUT2D eigenvalue weighted by Crippen LogP contribution is 2.16. The van der Waals surface area contributed by atoms with Crippen molar-refractivity contribution in [3.63, 3.8) is 0 Å². The quantitative estimate of drug-likeness (QED) is 0.730. The Hall–Kier alpha value is -2.33. The van der Waals surface area contributed by atoms with E-state index in [1.807, 2.05) is 0 Å². The number of phenols is 1. The first kappa shape index (κ1) is 14.1. The molecular formula is C16H17NO3. The fourth-order valence-electron chi connectivity index (χ4n) is 1.78. The van der Waals surface area contributed by atoms with Gasteiger partial charge in [0, 0.05) is 23.4 Å². The summed E-state index contributed by atoms with van der Waals surface area (Å²) in [7, 11) is 0. The standard InChI is InChI=1S/C16H17NO3/c1-11(18)10-17-14-6-2-12(3-7-14)16(20)13-4-8-15(19)9-5-13/h2-9,11,17-19H,10H2,1H3. The number of carbonyl (C=O) groups excluding carboxylic acids is 1. The van der Waals surface area contributed by atoms with Gasteiger partial charge in [-0.1, -0.05) is 0 Å². The first-order chi connectivity index (χ1) is 9.56. The van der Waals surface area contributed by atoms with Crippen molar-refractivity contribution in [3.05, 3.63) is 59.7 Å². The maximum Gasteiger partial charge on any atom is 0.193 e. The van der Waals surface area contributed by atoms with E-state index in [0.29, 0.717) is 17.7 Å². The van der Waals surface area contributed by atoms with Crippen LogP contribution in [-0.4, -0.2) is 28.6 Å². The number of rotatable bonds is 5. The van der Waals surface area contributed by atoms with Crippen LogP contribution >= 0.6 is 0 Å². The minimum atomic E-state index is -0.423. The van der Waals surface area contributed by atoms with Crippen molar-refractivity contribution in [2.45, 2.75) is 13.0 Å². The average Bonchev–Trinajstić information content (AvgIpc) is 2.46. The molecule has 0 fully saturated rings. The summed E-state index contributed by atoms with van der Waals surface area (Å²) >= 11 is 0. The predicted molar refractivity (Wildman–Crippen MR) is 78.2 cm³/mol. The average molecular weight is 271 g/mol. The van der Waals surface area contributed by atoms with E-state index >= 15 is 0 Å². The molecule has 4 nitrogen and oxygen atoms in total. The second-order valence-corrected chi connectivity index (χ2v) is 4.68. The van der Waals surface area contributed by atoms with Crippen LogP contribution < -0.4 is 5.32 Å². The van der Waals surface area contributed by atoms with Crippen molar-refractivity contribution in [1.82, 2.24) is 0 Å². The monoisotopic (exact) mass is 271 g/mol. The molecule has 0 saturated heterocycles. The van der Waals surface area contributed by atoms with Crippen LogP contribution in [-0.2, 0) is 0 Å². The van der Waals surface area contributed by atoms with E-state index in [1.54, 1.807) is 43.3 Å². The van der Waals surface area contributed by atoms with Gasteiger partial charge in [0.05, 0.1) is 6.10 Å². The van der Waals surface area contributed by atoms with Crippen molar-refractivity contribution < 1.29 is 15.0 Å². The Bertz CT molecular complexity index is 574. The van der Waals surface area contributed by atoms with Crippen molar-refractivity contribution >= 4 is 11.5 Å². The number of phenolic OH excluding ortho intramolecular Hbond substituents is 1. The van der Waals surface area contributed by atoms with Gasteiger partial charge < -0.3 is 15.5 Å². The molecule has 1 unspecified atom stereocenters. The Morgan fingerprint density at radius 3 is 2.05 bits per heavy atom. The van der Waals surface area contributed by atoms with Crippen LogP contribution in [0.1, 0.15) is 22.8 Å². The molecular weight excluding hydrogens is 254 g/mol. The first-order valence-corrected chi connectivity index (χ1v) is 6.42. The van der Waals surface area contributed by atoms with Gasteiger partial charge in [0.25, 0.3) is 0 Å². The van der Waals surface area contributed by atoms with E-state index in [9.17, 15) is 15.0 Å². The predicted octanol–water partition coefficient (Wildman–Crippen LogP) is 2.42. The van der Waals surface area contributed by atoms with E-state index in [-0.39, 0.29) is 11.5 Å². The van der Waals surface area contributed by atoms with E-state index in [1.165, 1.54) is 12.1 Å². The van der Waals surface area contributed by atoms with Crippen LogP contribution in [0.5, 0.6) is 5.75 Å². The lowest BCUT2D eigenvalue weighted by atomic mass is 10.0. The maximum atomic E-state index is 12.2. The number of ketones is 1. The van der Waals surface area contributed by atoms with Crippen LogP contribution in [0.15, 0.2) is 48.5 Å². The molecule has 0 bridgehead atoms. The molecule has 2 rings (SSSR count). The molecule has 0 aromatic heterocycles. The Balaban J connectivity index is 2.09. The summed E-state index contributed by atoms with van der Waals surface area (Å²) in [4.78, 5) is 12.2. The Labute approximate surface area is 117 Å². The van der Waals surface area contributed by atoms with Crippen molar-refractivity contribution in [3.8, 4) is 5.75 Å². The van der Waals surface area contributed by atoms with Crippen LogP contribution in [0.25, 0.3) is 0 Å². The van der Waals surface area contributed by atoms with Crippen LogP contribution in [0, 0.1) is 0 Å². The molecule has 1 atom stereocenters. The molecule has 0 saturated carbocycles. The van der Waals surface area contributed by atoms with Crippen molar-refractivity contribution in [2.75, 3.05) is 11.9 Å². The molecule has 0 aliphatic carbocycles. The molecule has 0 aliphatic heterocycles. The topological polar surface area (TPSA) is 69.6 Å². The SMILES string of the molecule is CC(O)CNc1ccc(C(=O)c2ccc(O)cc2)cc1. The molecule has 0 heterocycles. The zero-order valence-electron chi connectivity index (χ0n) is 11.2. The van der Waals surface area contributed by atoms with E-state index in [0.717, 1.165) is 5.69 Å². The van der Waals surface area contributed by atoms with Gasteiger partial charge in [0.1, 0.15) is 5.75 Å². The summed E-state index contributed by atoms with van der Waals surface area (Å²) in [5.74, 6) is 0.0475. The highest BCUT2D eigenvalue weighted by molar-refractivity contribution is 6.09. The Morgan fingerprint density at radius 1 is 1.05 bits per heavy atom. The molecule has 0 aliphatic rings. The highest BCUT2D eigenvalue weighted by atomic mass is 16.3. The van der Waals surface area contributed by atoms with Crippen LogP contribution in [0.4, 0.5) is 5.69 Å². The number of aromatic hydroxyl groups is 1. The summed E-state index contributed by atoms with van der Waals surface area (Å²) in [6.45, 7) is 2.17. The zero-order valence-corrected chi connectivity index (χ0v) is 11.2. The minimum absolute atomic E-state index is 0.0907. The third kappa shape index (κ3) is 3.59. The fraction of sp³-hybridized carbons (Fsp3) is 0.188. The summed E-state index contributed by atoms with van der Waals surface area (Å²) < 4.78 is 0. The van der Waals surface area contributed by atoms with Gasteiger partial charge in [0.15, 0.2) is 5.78 Å². The second kappa shape index (κ2) is 6.21. The van der Waals surface area contributed by atoms with Crippen LogP contribution in [0.3, 0.4) is 0 Å². The number of aliphatic hydroxyl groups is 1. The van der Waals surface area contributed by atoms with E-state index < -0.39 is 6.10 Å². The number of benzene rings is 2. The molecule has 2 aromatic carbocycles. The number of carbonyl (C=O) groups is 1. The minimum Gasteiger partial charge on any atom is -0.508 e. The molecule has 104 valence electrons. The molecule has 2 aromatic rings. The summed E-state index contributed by atoms with van der Waals surface area (Å²) in [5.41, 5.74) is 1.97. The number of anilines is 1. The molecule has 20 heavy (non-hydrogen) atoms. The van der Waals surface area contributed by atoms with Gasteiger partial charge in [0.2, 0.25) is 0 Å².